The third kappa shape index (κ3) is 2.77. The number of aromatic hydroxyl groups is 2. The molecule has 0 fully saturated rings. The first-order chi connectivity index (χ1) is 8.97. The van der Waals surface area contributed by atoms with E-state index in [1.165, 1.54) is 30.3 Å². The van der Waals surface area contributed by atoms with Crippen LogP contribution in [0.5, 0.6) is 11.5 Å². The van der Waals surface area contributed by atoms with E-state index in [4.69, 9.17) is 5.73 Å². The number of nitrogen functional groups attached to an aromatic ring is 1. The van der Waals surface area contributed by atoms with Gasteiger partial charge in [-0.05, 0) is 36.8 Å². The molecule has 0 saturated heterocycles. The fourth-order valence-electron chi connectivity index (χ4n) is 1.69. The van der Waals surface area contributed by atoms with Crippen molar-refractivity contribution in [3.8, 4) is 11.5 Å². The Kier molecular flexibility index (Phi) is 3.29. The molecule has 5 heteroatoms. The van der Waals surface area contributed by atoms with Gasteiger partial charge in [0.25, 0.3) is 5.91 Å². The molecule has 0 aromatic heterocycles. The molecule has 0 aliphatic carbocycles. The van der Waals surface area contributed by atoms with Crippen LogP contribution in [0.4, 0.5) is 11.4 Å². The molecule has 19 heavy (non-hydrogen) atoms. The maximum atomic E-state index is 12.0. The smallest absolute Gasteiger partial charge is 0.259 e. The number of anilines is 2. The Hall–Kier alpha value is -2.69. The quantitative estimate of drug-likeness (QED) is 0.490. The molecule has 98 valence electrons. The third-order valence-corrected chi connectivity index (χ3v) is 2.68. The first kappa shape index (κ1) is 12.8. The lowest BCUT2D eigenvalue weighted by atomic mass is 10.1. The Morgan fingerprint density at radius 1 is 1.16 bits per heavy atom. The molecule has 0 unspecified atom stereocenters. The number of carbonyl (C=O) groups excluding carboxylic acids is 1. The molecule has 5 nitrogen and oxygen atoms in total. The second-order valence-corrected chi connectivity index (χ2v) is 4.25. The average Bonchev–Trinajstić information content (AvgIpc) is 2.32. The largest absolute Gasteiger partial charge is 0.508 e. The van der Waals surface area contributed by atoms with Crippen LogP contribution >= 0.6 is 0 Å². The summed E-state index contributed by atoms with van der Waals surface area (Å²) in [7, 11) is 0. The third-order valence-electron chi connectivity index (χ3n) is 2.68. The molecular formula is C14H14N2O3. The molecule has 0 spiro atoms. The second-order valence-electron chi connectivity index (χ2n) is 4.25. The van der Waals surface area contributed by atoms with E-state index in [-0.39, 0.29) is 22.7 Å². The topological polar surface area (TPSA) is 95.6 Å². The van der Waals surface area contributed by atoms with Crippen LogP contribution in [0.2, 0.25) is 0 Å². The van der Waals surface area contributed by atoms with E-state index >= 15 is 0 Å². The molecule has 0 heterocycles. The van der Waals surface area contributed by atoms with Gasteiger partial charge in [0.1, 0.15) is 11.5 Å². The highest BCUT2D eigenvalue weighted by Gasteiger charge is 2.12. The minimum Gasteiger partial charge on any atom is -0.508 e. The summed E-state index contributed by atoms with van der Waals surface area (Å²) in [5.41, 5.74) is 7.32. The van der Waals surface area contributed by atoms with Crippen LogP contribution in [0.15, 0.2) is 36.4 Å². The van der Waals surface area contributed by atoms with Gasteiger partial charge in [0, 0.05) is 6.07 Å². The van der Waals surface area contributed by atoms with Crippen LogP contribution in [-0.4, -0.2) is 16.1 Å². The zero-order chi connectivity index (χ0) is 14.0. The van der Waals surface area contributed by atoms with Crippen LogP contribution < -0.4 is 11.1 Å². The van der Waals surface area contributed by atoms with Gasteiger partial charge in [0.05, 0.1) is 16.9 Å². The summed E-state index contributed by atoms with van der Waals surface area (Å²) in [6.07, 6.45) is 0. The Morgan fingerprint density at radius 3 is 2.53 bits per heavy atom. The SMILES string of the molecule is Cc1ccc(C(=O)Nc2ccc(O)cc2N)c(O)c1. The Labute approximate surface area is 110 Å². The minimum atomic E-state index is -0.463. The first-order valence-electron chi connectivity index (χ1n) is 5.67. The first-order valence-corrected chi connectivity index (χ1v) is 5.67. The monoisotopic (exact) mass is 258 g/mol. The van der Waals surface area contributed by atoms with E-state index in [2.05, 4.69) is 5.32 Å². The number of nitrogens with two attached hydrogens (primary N) is 1. The molecule has 2 rings (SSSR count). The summed E-state index contributed by atoms with van der Waals surface area (Å²) in [5, 5.41) is 21.5. The van der Waals surface area contributed by atoms with Crippen molar-refractivity contribution in [2.45, 2.75) is 6.92 Å². The van der Waals surface area contributed by atoms with Gasteiger partial charge in [-0.1, -0.05) is 6.07 Å². The number of nitrogens with one attached hydrogen (secondary N) is 1. The molecule has 0 aliphatic heterocycles. The highest BCUT2D eigenvalue weighted by Crippen LogP contribution is 2.25. The summed E-state index contributed by atoms with van der Waals surface area (Å²) in [6, 6.07) is 9.03. The van der Waals surface area contributed by atoms with Crippen LogP contribution in [0, 0.1) is 6.92 Å². The van der Waals surface area contributed by atoms with E-state index in [9.17, 15) is 15.0 Å². The highest BCUT2D eigenvalue weighted by molar-refractivity contribution is 6.07. The van der Waals surface area contributed by atoms with E-state index in [0.717, 1.165) is 5.56 Å². The molecular weight excluding hydrogens is 244 g/mol. The number of carbonyl (C=O) groups is 1. The molecule has 5 N–H and O–H groups in total. The van der Waals surface area contributed by atoms with E-state index < -0.39 is 5.91 Å². The van der Waals surface area contributed by atoms with Gasteiger partial charge >= 0.3 is 0 Å². The fourth-order valence-corrected chi connectivity index (χ4v) is 1.69. The zero-order valence-electron chi connectivity index (χ0n) is 10.3. The summed E-state index contributed by atoms with van der Waals surface area (Å²) in [5.74, 6) is -0.529. The standard InChI is InChI=1S/C14H14N2O3/c1-8-2-4-10(13(18)6-8)14(19)16-12-5-3-9(17)7-11(12)15/h2-7,17-18H,15H2,1H3,(H,16,19). The molecule has 0 atom stereocenters. The fraction of sp³-hybridized carbons (Fsp3) is 0.0714. The molecule has 1 amide bonds. The summed E-state index contributed by atoms with van der Waals surface area (Å²) in [6.45, 7) is 1.82. The maximum absolute atomic E-state index is 12.0. The Morgan fingerprint density at radius 2 is 1.89 bits per heavy atom. The van der Waals surface area contributed by atoms with Crippen molar-refractivity contribution in [1.29, 1.82) is 0 Å². The summed E-state index contributed by atoms with van der Waals surface area (Å²) < 4.78 is 0. The normalized spacial score (nSPS) is 10.2. The number of rotatable bonds is 2. The van der Waals surface area contributed by atoms with Crippen LogP contribution in [0.1, 0.15) is 15.9 Å². The summed E-state index contributed by atoms with van der Waals surface area (Å²) >= 11 is 0. The van der Waals surface area contributed by atoms with Gasteiger partial charge in [-0.2, -0.15) is 0 Å². The van der Waals surface area contributed by atoms with Crippen molar-refractivity contribution in [3.63, 3.8) is 0 Å². The van der Waals surface area contributed by atoms with Crippen molar-refractivity contribution in [1.82, 2.24) is 0 Å². The highest BCUT2D eigenvalue weighted by atomic mass is 16.3. The number of phenolic OH excluding ortho intramolecular Hbond substituents is 2. The Balaban J connectivity index is 2.25. The van der Waals surface area contributed by atoms with Gasteiger partial charge in [-0.15, -0.1) is 0 Å². The predicted octanol–water partition coefficient (Wildman–Crippen LogP) is 2.24. The molecule has 2 aromatic carbocycles. The lowest BCUT2D eigenvalue weighted by Gasteiger charge is -2.09. The number of hydrogen-bond acceptors (Lipinski definition) is 4. The minimum absolute atomic E-state index is 0.0219. The molecule has 0 radical (unpaired) electrons. The number of benzene rings is 2. The van der Waals surface area contributed by atoms with Gasteiger partial charge in [-0.25, -0.2) is 0 Å². The number of amides is 1. The number of aryl methyl sites for hydroxylation is 1. The maximum Gasteiger partial charge on any atom is 0.259 e. The predicted molar refractivity (Wildman–Crippen MR) is 73.3 cm³/mol. The van der Waals surface area contributed by atoms with E-state index in [0.29, 0.717) is 5.69 Å². The van der Waals surface area contributed by atoms with Gasteiger partial charge in [0.15, 0.2) is 0 Å². The van der Waals surface area contributed by atoms with Crippen molar-refractivity contribution in [2.75, 3.05) is 11.1 Å². The second kappa shape index (κ2) is 4.89. The Bertz CT molecular complexity index is 639. The van der Waals surface area contributed by atoms with Gasteiger partial charge in [0.2, 0.25) is 0 Å². The van der Waals surface area contributed by atoms with Crippen molar-refractivity contribution < 1.29 is 15.0 Å². The lowest BCUT2D eigenvalue weighted by molar-refractivity contribution is 0.102. The molecule has 0 bridgehead atoms. The number of phenols is 2. The molecule has 2 aromatic rings. The molecule has 0 aliphatic rings. The van der Waals surface area contributed by atoms with Crippen molar-refractivity contribution >= 4 is 17.3 Å². The molecule has 0 saturated carbocycles. The average molecular weight is 258 g/mol. The summed E-state index contributed by atoms with van der Waals surface area (Å²) in [4.78, 5) is 12.0. The lowest BCUT2D eigenvalue weighted by Crippen LogP contribution is -2.13. The van der Waals surface area contributed by atoms with Crippen LogP contribution in [0.3, 0.4) is 0 Å². The van der Waals surface area contributed by atoms with E-state index in [1.807, 2.05) is 6.92 Å². The van der Waals surface area contributed by atoms with Gasteiger partial charge < -0.3 is 21.3 Å². The number of hydrogen-bond donors (Lipinski definition) is 4. The van der Waals surface area contributed by atoms with Crippen LogP contribution in [0.25, 0.3) is 0 Å². The van der Waals surface area contributed by atoms with Gasteiger partial charge in [-0.3, -0.25) is 4.79 Å². The van der Waals surface area contributed by atoms with Crippen molar-refractivity contribution in [3.05, 3.63) is 47.5 Å². The van der Waals surface area contributed by atoms with E-state index in [1.54, 1.807) is 6.07 Å². The zero-order valence-corrected chi connectivity index (χ0v) is 10.3. The van der Waals surface area contributed by atoms with Crippen LogP contribution in [-0.2, 0) is 0 Å². The van der Waals surface area contributed by atoms with Crippen molar-refractivity contribution in [2.24, 2.45) is 0 Å².